The second kappa shape index (κ2) is 6.43. The Labute approximate surface area is 112 Å². The zero-order chi connectivity index (χ0) is 12.8. The Morgan fingerprint density at radius 1 is 1.00 bits per heavy atom. The maximum atomic E-state index is 9.33. The van der Waals surface area contributed by atoms with Crippen molar-refractivity contribution >= 4 is 11.6 Å². The van der Waals surface area contributed by atoms with E-state index in [0.717, 1.165) is 30.1 Å². The SMILES string of the molecule is Oc1cccc(CNCCc2ccc(Cl)cc2)c1. The van der Waals surface area contributed by atoms with E-state index in [-0.39, 0.29) is 0 Å². The fraction of sp³-hybridized carbons (Fsp3) is 0.200. The average molecular weight is 262 g/mol. The van der Waals surface area contributed by atoms with E-state index in [4.69, 9.17) is 11.6 Å². The van der Waals surface area contributed by atoms with E-state index in [1.165, 1.54) is 5.56 Å². The van der Waals surface area contributed by atoms with Crippen LogP contribution in [0.15, 0.2) is 48.5 Å². The van der Waals surface area contributed by atoms with Gasteiger partial charge in [-0.1, -0.05) is 35.9 Å². The van der Waals surface area contributed by atoms with E-state index in [1.54, 1.807) is 12.1 Å². The predicted molar refractivity (Wildman–Crippen MR) is 75.0 cm³/mol. The molecular weight excluding hydrogens is 246 g/mol. The van der Waals surface area contributed by atoms with Crippen molar-refractivity contribution in [2.75, 3.05) is 6.54 Å². The third-order valence-corrected chi connectivity index (χ3v) is 3.00. The van der Waals surface area contributed by atoms with Gasteiger partial charge in [0, 0.05) is 11.6 Å². The van der Waals surface area contributed by atoms with Crippen LogP contribution in [-0.2, 0) is 13.0 Å². The number of aromatic hydroxyl groups is 1. The second-order valence-corrected chi connectivity index (χ2v) is 4.66. The van der Waals surface area contributed by atoms with Gasteiger partial charge in [0.25, 0.3) is 0 Å². The van der Waals surface area contributed by atoms with Gasteiger partial charge in [-0.25, -0.2) is 0 Å². The van der Waals surface area contributed by atoms with Crippen molar-refractivity contribution < 1.29 is 5.11 Å². The predicted octanol–water partition coefficient (Wildman–Crippen LogP) is 3.38. The summed E-state index contributed by atoms with van der Waals surface area (Å²) in [5, 5.41) is 13.5. The summed E-state index contributed by atoms with van der Waals surface area (Å²) in [4.78, 5) is 0. The highest BCUT2D eigenvalue weighted by molar-refractivity contribution is 6.30. The lowest BCUT2D eigenvalue weighted by atomic mass is 10.1. The summed E-state index contributed by atoms with van der Waals surface area (Å²) in [5.41, 5.74) is 2.36. The van der Waals surface area contributed by atoms with Crippen LogP contribution in [0.25, 0.3) is 0 Å². The Morgan fingerprint density at radius 2 is 1.78 bits per heavy atom. The number of nitrogens with one attached hydrogen (secondary N) is 1. The Kier molecular flexibility index (Phi) is 4.62. The minimum atomic E-state index is 0.312. The van der Waals surface area contributed by atoms with Gasteiger partial charge in [-0.3, -0.25) is 0 Å². The molecule has 3 heteroatoms. The second-order valence-electron chi connectivity index (χ2n) is 4.22. The number of halogens is 1. The van der Waals surface area contributed by atoms with Gasteiger partial charge in [-0.2, -0.15) is 0 Å². The van der Waals surface area contributed by atoms with E-state index in [0.29, 0.717) is 5.75 Å². The first-order valence-corrected chi connectivity index (χ1v) is 6.35. The lowest BCUT2D eigenvalue weighted by Gasteiger charge is -2.05. The molecule has 0 saturated heterocycles. The van der Waals surface area contributed by atoms with Crippen LogP contribution < -0.4 is 5.32 Å². The first kappa shape index (κ1) is 12.9. The quantitative estimate of drug-likeness (QED) is 0.809. The molecule has 2 aromatic carbocycles. The van der Waals surface area contributed by atoms with Crippen LogP contribution in [0.3, 0.4) is 0 Å². The van der Waals surface area contributed by atoms with Gasteiger partial charge in [-0.05, 0) is 48.4 Å². The Morgan fingerprint density at radius 3 is 2.50 bits per heavy atom. The molecule has 0 heterocycles. The van der Waals surface area contributed by atoms with Gasteiger partial charge in [0.1, 0.15) is 5.75 Å². The summed E-state index contributed by atoms with van der Waals surface area (Å²) in [6.07, 6.45) is 0.968. The van der Waals surface area contributed by atoms with E-state index in [2.05, 4.69) is 5.32 Å². The van der Waals surface area contributed by atoms with Gasteiger partial charge in [0.2, 0.25) is 0 Å². The smallest absolute Gasteiger partial charge is 0.115 e. The van der Waals surface area contributed by atoms with Crippen molar-refractivity contribution in [1.29, 1.82) is 0 Å². The normalized spacial score (nSPS) is 10.5. The summed E-state index contributed by atoms with van der Waals surface area (Å²) >= 11 is 5.83. The molecule has 0 spiro atoms. The fourth-order valence-electron chi connectivity index (χ4n) is 1.78. The lowest BCUT2D eigenvalue weighted by Crippen LogP contribution is -2.16. The van der Waals surface area contributed by atoms with E-state index >= 15 is 0 Å². The molecule has 2 rings (SSSR count). The summed E-state index contributed by atoms with van der Waals surface area (Å²) < 4.78 is 0. The molecule has 2 aromatic rings. The maximum absolute atomic E-state index is 9.33. The Bertz CT molecular complexity index is 496. The molecule has 0 amide bonds. The molecular formula is C15H16ClNO. The highest BCUT2D eigenvalue weighted by atomic mass is 35.5. The first-order valence-electron chi connectivity index (χ1n) is 5.97. The van der Waals surface area contributed by atoms with Crippen molar-refractivity contribution in [3.05, 3.63) is 64.7 Å². The van der Waals surface area contributed by atoms with Gasteiger partial charge in [0.05, 0.1) is 0 Å². The van der Waals surface area contributed by atoms with Crippen molar-refractivity contribution in [3.63, 3.8) is 0 Å². The summed E-state index contributed by atoms with van der Waals surface area (Å²) in [6.45, 7) is 1.67. The standard InChI is InChI=1S/C15H16ClNO/c16-14-6-4-12(5-7-14)8-9-17-11-13-2-1-3-15(18)10-13/h1-7,10,17-18H,8-9,11H2. The average Bonchev–Trinajstić information content (AvgIpc) is 2.37. The van der Waals surface area contributed by atoms with Crippen LogP contribution in [0.1, 0.15) is 11.1 Å². The van der Waals surface area contributed by atoms with Crippen molar-refractivity contribution in [2.24, 2.45) is 0 Å². The molecule has 2 nitrogen and oxygen atoms in total. The molecule has 94 valence electrons. The topological polar surface area (TPSA) is 32.3 Å². The van der Waals surface area contributed by atoms with Gasteiger partial charge >= 0.3 is 0 Å². The third kappa shape index (κ3) is 4.06. The highest BCUT2D eigenvalue weighted by Gasteiger charge is 1.96. The van der Waals surface area contributed by atoms with Gasteiger partial charge in [-0.15, -0.1) is 0 Å². The fourth-order valence-corrected chi connectivity index (χ4v) is 1.91. The van der Waals surface area contributed by atoms with Crippen molar-refractivity contribution in [2.45, 2.75) is 13.0 Å². The molecule has 0 radical (unpaired) electrons. The zero-order valence-electron chi connectivity index (χ0n) is 10.1. The molecule has 0 unspecified atom stereocenters. The Balaban J connectivity index is 1.74. The molecule has 18 heavy (non-hydrogen) atoms. The number of phenols is 1. The van der Waals surface area contributed by atoms with Crippen molar-refractivity contribution in [1.82, 2.24) is 5.32 Å². The number of rotatable bonds is 5. The third-order valence-electron chi connectivity index (χ3n) is 2.74. The van der Waals surface area contributed by atoms with E-state index in [1.807, 2.05) is 36.4 Å². The molecule has 0 saturated carbocycles. The summed E-state index contributed by atoms with van der Waals surface area (Å²) in [5.74, 6) is 0.312. The first-order chi connectivity index (χ1) is 8.74. The lowest BCUT2D eigenvalue weighted by molar-refractivity contribution is 0.474. The molecule has 0 fully saturated rings. The van der Waals surface area contributed by atoms with Crippen LogP contribution >= 0.6 is 11.6 Å². The molecule has 0 atom stereocenters. The highest BCUT2D eigenvalue weighted by Crippen LogP contribution is 2.11. The van der Waals surface area contributed by atoms with Crippen LogP contribution in [0, 0.1) is 0 Å². The minimum Gasteiger partial charge on any atom is -0.508 e. The van der Waals surface area contributed by atoms with Crippen LogP contribution in [0.2, 0.25) is 5.02 Å². The monoisotopic (exact) mass is 261 g/mol. The minimum absolute atomic E-state index is 0.312. The van der Waals surface area contributed by atoms with Crippen LogP contribution in [0.5, 0.6) is 5.75 Å². The number of benzene rings is 2. The largest absolute Gasteiger partial charge is 0.508 e. The summed E-state index contributed by atoms with van der Waals surface area (Å²) in [6, 6.07) is 15.2. The molecule has 0 aliphatic carbocycles. The number of hydrogen-bond donors (Lipinski definition) is 2. The van der Waals surface area contributed by atoms with E-state index in [9.17, 15) is 5.11 Å². The van der Waals surface area contributed by atoms with Crippen molar-refractivity contribution in [3.8, 4) is 5.75 Å². The zero-order valence-corrected chi connectivity index (χ0v) is 10.8. The van der Waals surface area contributed by atoms with Gasteiger partial charge in [0.15, 0.2) is 0 Å². The maximum Gasteiger partial charge on any atom is 0.115 e. The Hall–Kier alpha value is -1.51. The van der Waals surface area contributed by atoms with Crippen LogP contribution in [0.4, 0.5) is 0 Å². The molecule has 2 N–H and O–H groups in total. The number of phenolic OH excluding ortho intramolecular Hbond substituents is 1. The van der Waals surface area contributed by atoms with Crippen LogP contribution in [-0.4, -0.2) is 11.7 Å². The molecule has 0 aliphatic heterocycles. The molecule has 0 aromatic heterocycles. The van der Waals surface area contributed by atoms with E-state index < -0.39 is 0 Å². The van der Waals surface area contributed by atoms with Gasteiger partial charge < -0.3 is 10.4 Å². The number of hydrogen-bond acceptors (Lipinski definition) is 2. The summed E-state index contributed by atoms with van der Waals surface area (Å²) in [7, 11) is 0. The molecule has 0 aliphatic rings. The molecule has 0 bridgehead atoms.